The molecule has 0 amide bonds. The van der Waals surface area contributed by atoms with Crippen LogP contribution in [0, 0.1) is 6.92 Å². The van der Waals surface area contributed by atoms with E-state index < -0.39 is 0 Å². The number of rotatable bonds is 1. The molecule has 2 rings (SSSR count). The van der Waals surface area contributed by atoms with Crippen LogP contribution in [0.15, 0.2) is 24.3 Å². The maximum Gasteiger partial charge on any atom is 0.0863 e. The van der Waals surface area contributed by atoms with Crippen molar-refractivity contribution in [3.05, 3.63) is 35.4 Å². The second-order valence-electron chi connectivity index (χ2n) is 5.12. The minimum absolute atomic E-state index is 0.246. The Morgan fingerprint density at radius 3 is 2.33 bits per heavy atom. The van der Waals surface area contributed by atoms with Crippen LogP contribution in [-0.2, 0) is 0 Å². The van der Waals surface area contributed by atoms with Crippen LogP contribution in [0.5, 0.6) is 0 Å². The third kappa shape index (κ3) is 1.92. The number of benzene rings is 1. The van der Waals surface area contributed by atoms with Crippen molar-refractivity contribution in [2.45, 2.75) is 32.5 Å². The highest BCUT2D eigenvalue weighted by atomic mass is 15.4. The summed E-state index contributed by atoms with van der Waals surface area (Å²) >= 11 is 0. The molecule has 0 saturated carbocycles. The van der Waals surface area contributed by atoms with E-state index in [1.807, 2.05) is 0 Å². The molecule has 1 heterocycles. The average molecular weight is 204 g/mol. The van der Waals surface area contributed by atoms with Crippen molar-refractivity contribution in [1.82, 2.24) is 10.2 Å². The van der Waals surface area contributed by atoms with Gasteiger partial charge < -0.3 is 0 Å². The van der Waals surface area contributed by atoms with Crippen molar-refractivity contribution >= 4 is 0 Å². The van der Waals surface area contributed by atoms with E-state index >= 15 is 0 Å². The van der Waals surface area contributed by atoms with Crippen LogP contribution in [0.3, 0.4) is 0 Å². The molecule has 15 heavy (non-hydrogen) atoms. The largest absolute Gasteiger partial charge is 0.296 e. The van der Waals surface area contributed by atoms with Crippen LogP contribution in [0.25, 0.3) is 0 Å². The van der Waals surface area contributed by atoms with E-state index in [9.17, 15) is 0 Å². The summed E-state index contributed by atoms with van der Waals surface area (Å²) in [6.07, 6.45) is 0.362. The van der Waals surface area contributed by atoms with E-state index in [4.69, 9.17) is 0 Å². The van der Waals surface area contributed by atoms with Crippen molar-refractivity contribution in [3.8, 4) is 0 Å². The summed E-state index contributed by atoms with van der Waals surface area (Å²) in [5, 5.41) is 3.56. The van der Waals surface area contributed by atoms with E-state index in [2.05, 4.69) is 62.3 Å². The molecule has 1 fully saturated rings. The van der Waals surface area contributed by atoms with Gasteiger partial charge in [-0.25, -0.2) is 0 Å². The number of nitrogens with one attached hydrogen (secondary N) is 1. The Bertz CT molecular complexity index is 340. The highest BCUT2D eigenvalue weighted by Crippen LogP contribution is 2.29. The van der Waals surface area contributed by atoms with Gasteiger partial charge in [-0.3, -0.25) is 10.2 Å². The maximum absolute atomic E-state index is 3.56. The summed E-state index contributed by atoms with van der Waals surface area (Å²) in [5.74, 6) is 0. The van der Waals surface area contributed by atoms with Crippen LogP contribution < -0.4 is 5.32 Å². The minimum Gasteiger partial charge on any atom is -0.296 e. The van der Waals surface area contributed by atoms with Gasteiger partial charge >= 0.3 is 0 Å². The molecule has 0 radical (unpaired) electrons. The van der Waals surface area contributed by atoms with Crippen LogP contribution in [0.2, 0.25) is 0 Å². The summed E-state index contributed by atoms with van der Waals surface area (Å²) in [6.45, 7) is 7.71. The molecule has 1 atom stereocenters. The van der Waals surface area contributed by atoms with Crippen molar-refractivity contribution < 1.29 is 0 Å². The second kappa shape index (κ2) is 3.62. The molecule has 0 aromatic heterocycles. The molecule has 0 aliphatic carbocycles. The van der Waals surface area contributed by atoms with Crippen molar-refractivity contribution in [2.75, 3.05) is 13.6 Å². The van der Waals surface area contributed by atoms with Gasteiger partial charge in [0, 0.05) is 12.1 Å². The highest BCUT2D eigenvalue weighted by Gasteiger charge is 2.36. The molecular weight excluding hydrogens is 184 g/mol. The van der Waals surface area contributed by atoms with Crippen LogP contribution in [-0.4, -0.2) is 24.0 Å². The lowest BCUT2D eigenvalue weighted by Crippen LogP contribution is -2.38. The summed E-state index contributed by atoms with van der Waals surface area (Å²) in [7, 11) is 2.19. The highest BCUT2D eigenvalue weighted by molar-refractivity contribution is 5.25. The fourth-order valence-electron chi connectivity index (χ4n) is 2.05. The van der Waals surface area contributed by atoms with Crippen molar-refractivity contribution in [3.63, 3.8) is 0 Å². The standard InChI is InChI=1S/C13H20N2/c1-10-5-7-11(8-6-10)12-14-9-13(2,3)15(12)4/h5-8,12,14H,9H2,1-4H3. The second-order valence-corrected chi connectivity index (χ2v) is 5.12. The first-order valence-electron chi connectivity index (χ1n) is 5.53. The summed E-state index contributed by atoms with van der Waals surface area (Å²) in [5.41, 5.74) is 2.92. The molecule has 1 aromatic rings. The average Bonchev–Trinajstić information content (AvgIpc) is 2.45. The molecule has 1 saturated heterocycles. The molecule has 0 bridgehead atoms. The first-order chi connectivity index (χ1) is 7.00. The first-order valence-corrected chi connectivity index (χ1v) is 5.53. The van der Waals surface area contributed by atoms with Gasteiger partial charge in [0.25, 0.3) is 0 Å². The number of likely N-dealkylation sites (N-methyl/N-ethyl adjacent to an activating group) is 1. The summed E-state index contributed by atoms with van der Waals surface area (Å²) < 4.78 is 0. The van der Waals surface area contributed by atoms with E-state index in [0.29, 0.717) is 6.17 Å². The SMILES string of the molecule is Cc1ccc(C2NCC(C)(C)N2C)cc1. The zero-order valence-electron chi connectivity index (χ0n) is 10.0. The molecule has 1 N–H and O–H groups in total. The normalized spacial score (nSPS) is 25.7. The lowest BCUT2D eigenvalue weighted by Gasteiger charge is -2.30. The Hall–Kier alpha value is -0.860. The van der Waals surface area contributed by atoms with Gasteiger partial charge in [-0.1, -0.05) is 29.8 Å². The Morgan fingerprint density at radius 1 is 1.27 bits per heavy atom. The van der Waals surface area contributed by atoms with E-state index in [-0.39, 0.29) is 5.54 Å². The Labute approximate surface area is 92.3 Å². The van der Waals surface area contributed by atoms with Crippen LogP contribution >= 0.6 is 0 Å². The first kappa shape index (κ1) is 10.7. The van der Waals surface area contributed by atoms with E-state index in [1.165, 1.54) is 11.1 Å². The quantitative estimate of drug-likeness (QED) is 0.755. The van der Waals surface area contributed by atoms with E-state index in [0.717, 1.165) is 6.54 Å². The van der Waals surface area contributed by atoms with Crippen molar-refractivity contribution in [1.29, 1.82) is 0 Å². The number of aryl methyl sites for hydroxylation is 1. The summed E-state index contributed by atoms with van der Waals surface area (Å²) in [6, 6.07) is 8.78. The molecule has 1 aliphatic rings. The third-order valence-electron chi connectivity index (χ3n) is 3.46. The fourth-order valence-corrected chi connectivity index (χ4v) is 2.05. The Kier molecular flexibility index (Phi) is 2.57. The molecule has 0 spiro atoms. The lowest BCUT2D eigenvalue weighted by molar-refractivity contribution is 0.172. The zero-order chi connectivity index (χ0) is 11.1. The van der Waals surface area contributed by atoms with Gasteiger partial charge in [-0.15, -0.1) is 0 Å². The number of hydrogen-bond donors (Lipinski definition) is 1. The zero-order valence-corrected chi connectivity index (χ0v) is 10.0. The monoisotopic (exact) mass is 204 g/mol. The smallest absolute Gasteiger partial charge is 0.0863 e. The van der Waals surface area contributed by atoms with Crippen LogP contribution in [0.4, 0.5) is 0 Å². The van der Waals surface area contributed by atoms with Gasteiger partial charge in [0.1, 0.15) is 0 Å². The predicted octanol–water partition coefficient (Wildman–Crippen LogP) is 2.31. The van der Waals surface area contributed by atoms with Crippen LogP contribution in [0.1, 0.15) is 31.1 Å². The lowest BCUT2D eigenvalue weighted by atomic mass is 10.1. The number of hydrogen-bond acceptors (Lipinski definition) is 2. The molecule has 1 unspecified atom stereocenters. The molecule has 1 aromatic carbocycles. The topological polar surface area (TPSA) is 15.3 Å². The van der Waals surface area contributed by atoms with E-state index in [1.54, 1.807) is 0 Å². The molecule has 2 nitrogen and oxygen atoms in total. The van der Waals surface area contributed by atoms with Gasteiger partial charge in [0.2, 0.25) is 0 Å². The predicted molar refractivity (Wildman–Crippen MR) is 63.8 cm³/mol. The molecule has 1 aliphatic heterocycles. The molecule has 2 heteroatoms. The molecular formula is C13H20N2. The third-order valence-corrected chi connectivity index (χ3v) is 3.46. The Morgan fingerprint density at radius 2 is 1.87 bits per heavy atom. The maximum atomic E-state index is 3.56. The summed E-state index contributed by atoms with van der Waals surface area (Å²) in [4.78, 5) is 2.40. The van der Waals surface area contributed by atoms with Gasteiger partial charge in [0.05, 0.1) is 6.17 Å². The van der Waals surface area contributed by atoms with Crippen molar-refractivity contribution in [2.24, 2.45) is 0 Å². The fraction of sp³-hybridized carbons (Fsp3) is 0.538. The van der Waals surface area contributed by atoms with Gasteiger partial charge in [0.15, 0.2) is 0 Å². The van der Waals surface area contributed by atoms with Gasteiger partial charge in [-0.2, -0.15) is 0 Å². The Balaban J connectivity index is 2.23. The molecule has 82 valence electrons. The minimum atomic E-state index is 0.246. The van der Waals surface area contributed by atoms with Gasteiger partial charge in [-0.05, 0) is 33.4 Å². The number of nitrogens with zero attached hydrogens (tertiary/aromatic N) is 1.